The van der Waals surface area contributed by atoms with Crippen LogP contribution >= 0.6 is 0 Å². The van der Waals surface area contributed by atoms with Crippen LogP contribution in [0, 0.1) is 13.8 Å². The molecule has 4 heterocycles. The molecule has 3 aromatic rings. The summed E-state index contributed by atoms with van der Waals surface area (Å²) >= 11 is 0. The fourth-order valence-corrected chi connectivity index (χ4v) is 3.53. The monoisotopic (exact) mass is 347 g/mol. The maximum atomic E-state index is 12.8. The van der Waals surface area contributed by atoms with Crippen molar-refractivity contribution in [1.82, 2.24) is 24.4 Å². The lowest BCUT2D eigenvalue weighted by molar-refractivity contribution is 0.0787. The molecule has 0 radical (unpaired) electrons. The number of rotatable bonds is 3. The van der Waals surface area contributed by atoms with Gasteiger partial charge in [-0.3, -0.25) is 14.8 Å². The molecule has 1 atom stereocenters. The number of hydrogen-bond donors (Lipinski definition) is 0. The first-order chi connectivity index (χ1) is 12.6. The van der Waals surface area contributed by atoms with E-state index in [9.17, 15) is 4.79 Å². The third-order valence-corrected chi connectivity index (χ3v) is 4.88. The van der Waals surface area contributed by atoms with E-state index in [-0.39, 0.29) is 11.9 Å². The number of hydrogen-bond acceptors (Lipinski definition) is 4. The molecular formula is C20H21N5O. The number of pyridine rings is 2. The van der Waals surface area contributed by atoms with E-state index < -0.39 is 0 Å². The fourth-order valence-electron chi connectivity index (χ4n) is 3.53. The Bertz CT molecular complexity index is 917. The summed E-state index contributed by atoms with van der Waals surface area (Å²) in [6.45, 7) is 5.39. The number of nitrogens with zero attached hydrogens (tertiary/aromatic N) is 5. The van der Waals surface area contributed by atoms with E-state index in [1.807, 2.05) is 48.5 Å². The summed E-state index contributed by atoms with van der Waals surface area (Å²) in [7, 11) is 0. The third-order valence-electron chi connectivity index (χ3n) is 4.88. The molecule has 0 saturated carbocycles. The van der Waals surface area contributed by atoms with E-state index in [0.29, 0.717) is 12.1 Å². The van der Waals surface area contributed by atoms with Crippen LogP contribution in [-0.2, 0) is 0 Å². The van der Waals surface area contributed by atoms with Gasteiger partial charge in [-0.15, -0.1) is 0 Å². The third kappa shape index (κ3) is 2.98. The van der Waals surface area contributed by atoms with Gasteiger partial charge in [0.15, 0.2) is 0 Å². The first-order valence-corrected chi connectivity index (χ1v) is 8.79. The molecule has 1 saturated heterocycles. The number of carbonyl (C=O) groups is 1. The van der Waals surface area contributed by atoms with Crippen LogP contribution in [0.3, 0.4) is 0 Å². The average molecular weight is 347 g/mol. The second kappa shape index (κ2) is 6.71. The van der Waals surface area contributed by atoms with Gasteiger partial charge >= 0.3 is 0 Å². The number of imidazole rings is 1. The molecule has 1 amide bonds. The average Bonchev–Trinajstić information content (AvgIpc) is 3.29. The lowest BCUT2D eigenvalue weighted by Gasteiger charge is -2.19. The minimum atomic E-state index is 0.0423. The fraction of sp³-hybridized carbons (Fsp3) is 0.300. The molecular weight excluding hydrogens is 326 g/mol. The molecule has 4 rings (SSSR count). The molecule has 26 heavy (non-hydrogen) atoms. The zero-order chi connectivity index (χ0) is 18.1. The van der Waals surface area contributed by atoms with E-state index in [4.69, 9.17) is 0 Å². The van der Waals surface area contributed by atoms with Gasteiger partial charge in [-0.25, -0.2) is 4.98 Å². The topological polar surface area (TPSA) is 63.9 Å². The van der Waals surface area contributed by atoms with Gasteiger partial charge in [0.1, 0.15) is 5.82 Å². The van der Waals surface area contributed by atoms with Crippen molar-refractivity contribution in [3.05, 3.63) is 66.0 Å². The van der Waals surface area contributed by atoms with Gasteiger partial charge in [-0.2, -0.15) is 0 Å². The summed E-state index contributed by atoms with van der Waals surface area (Å²) < 4.78 is 2.23. The summed E-state index contributed by atoms with van der Waals surface area (Å²) in [6, 6.07) is 7.87. The van der Waals surface area contributed by atoms with Crippen LogP contribution in [0.5, 0.6) is 0 Å². The van der Waals surface area contributed by atoms with Crippen LogP contribution in [-0.4, -0.2) is 43.4 Å². The lowest BCUT2D eigenvalue weighted by atomic mass is 10.2. The molecule has 3 aromatic heterocycles. The lowest BCUT2D eigenvalue weighted by Crippen LogP contribution is -2.29. The predicted molar refractivity (Wildman–Crippen MR) is 98.7 cm³/mol. The van der Waals surface area contributed by atoms with Crippen molar-refractivity contribution in [2.45, 2.75) is 26.3 Å². The van der Waals surface area contributed by atoms with Crippen molar-refractivity contribution in [2.75, 3.05) is 13.1 Å². The number of aryl methyl sites for hydroxylation is 2. The summed E-state index contributed by atoms with van der Waals surface area (Å²) in [5, 5.41) is 0. The number of aromatic nitrogens is 4. The number of carbonyl (C=O) groups excluding carboxylic acids is 1. The van der Waals surface area contributed by atoms with Gasteiger partial charge < -0.3 is 9.47 Å². The molecule has 1 aliphatic rings. The minimum Gasteiger partial charge on any atom is -0.336 e. The van der Waals surface area contributed by atoms with Crippen molar-refractivity contribution in [1.29, 1.82) is 0 Å². The maximum absolute atomic E-state index is 12.8. The Morgan fingerprint density at radius 1 is 1.12 bits per heavy atom. The molecule has 0 N–H and O–H groups in total. The van der Waals surface area contributed by atoms with E-state index in [2.05, 4.69) is 26.4 Å². The van der Waals surface area contributed by atoms with E-state index in [1.165, 1.54) is 0 Å². The summed E-state index contributed by atoms with van der Waals surface area (Å²) in [5.74, 6) is 0.951. The molecule has 132 valence electrons. The van der Waals surface area contributed by atoms with Gasteiger partial charge in [0.05, 0.1) is 11.6 Å². The molecule has 1 unspecified atom stereocenters. The maximum Gasteiger partial charge on any atom is 0.255 e. The van der Waals surface area contributed by atoms with Crippen LogP contribution in [0.4, 0.5) is 0 Å². The number of likely N-dealkylation sites (tertiary alicyclic amines) is 1. The van der Waals surface area contributed by atoms with Gasteiger partial charge in [0, 0.05) is 54.8 Å². The Morgan fingerprint density at radius 3 is 2.73 bits per heavy atom. The van der Waals surface area contributed by atoms with Gasteiger partial charge in [-0.1, -0.05) is 0 Å². The Balaban J connectivity index is 1.57. The van der Waals surface area contributed by atoms with Crippen molar-refractivity contribution in [3.8, 4) is 11.4 Å². The Hall–Kier alpha value is -3.02. The van der Waals surface area contributed by atoms with Crippen molar-refractivity contribution < 1.29 is 4.79 Å². The zero-order valence-corrected chi connectivity index (χ0v) is 15.0. The minimum absolute atomic E-state index is 0.0423. The molecule has 0 aliphatic carbocycles. The van der Waals surface area contributed by atoms with Crippen molar-refractivity contribution >= 4 is 5.91 Å². The summed E-state index contributed by atoms with van der Waals surface area (Å²) in [6.07, 6.45) is 8.05. The largest absolute Gasteiger partial charge is 0.336 e. The second-order valence-corrected chi connectivity index (χ2v) is 6.72. The Kier molecular flexibility index (Phi) is 4.24. The van der Waals surface area contributed by atoms with Crippen molar-refractivity contribution in [3.63, 3.8) is 0 Å². The molecule has 1 fully saturated rings. The molecule has 0 spiro atoms. The van der Waals surface area contributed by atoms with Crippen LogP contribution in [0.25, 0.3) is 11.4 Å². The summed E-state index contributed by atoms with van der Waals surface area (Å²) in [4.78, 5) is 27.7. The van der Waals surface area contributed by atoms with Crippen LogP contribution in [0.1, 0.15) is 34.2 Å². The number of amides is 1. The standard InChI is InChI=1S/C20H21N5O/c1-14-5-6-17(12-22-14)20(26)24-9-7-18(13-24)25-15(2)10-23-19(25)16-4-3-8-21-11-16/h3-6,8,10-12,18H,7,9,13H2,1-2H3. The zero-order valence-electron chi connectivity index (χ0n) is 15.0. The van der Waals surface area contributed by atoms with Gasteiger partial charge in [-0.05, 0) is 44.5 Å². The first-order valence-electron chi connectivity index (χ1n) is 8.79. The SMILES string of the molecule is Cc1ccc(C(=O)N2CCC(n3c(C)cnc3-c3cccnc3)C2)cn1. The highest BCUT2D eigenvalue weighted by Gasteiger charge is 2.30. The van der Waals surface area contributed by atoms with Crippen LogP contribution < -0.4 is 0 Å². The smallest absolute Gasteiger partial charge is 0.255 e. The van der Waals surface area contributed by atoms with Gasteiger partial charge in [0.2, 0.25) is 0 Å². The quantitative estimate of drug-likeness (QED) is 0.730. The molecule has 0 aromatic carbocycles. The predicted octanol–water partition coefficient (Wildman–Crippen LogP) is 3.04. The Labute approximate surface area is 152 Å². The molecule has 6 nitrogen and oxygen atoms in total. The van der Waals surface area contributed by atoms with E-state index >= 15 is 0 Å². The normalized spacial score (nSPS) is 16.8. The summed E-state index contributed by atoms with van der Waals surface area (Å²) in [5.41, 5.74) is 3.65. The van der Waals surface area contributed by atoms with Crippen LogP contribution in [0.2, 0.25) is 0 Å². The second-order valence-electron chi connectivity index (χ2n) is 6.72. The van der Waals surface area contributed by atoms with Crippen LogP contribution in [0.15, 0.2) is 49.1 Å². The van der Waals surface area contributed by atoms with E-state index in [1.54, 1.807) is 12.4 Å². The molecule has 0 bridgehead atoms. The van der Waals surface area contributed by atoms with Gasteiger partial charge in [0.25, 0.3) is 5.91 Å². The first kappa shape index (κ1) is 16.4. The highest BCUT2D eigenvalue weighted by Crippen LogP contribution is 2.29. The molecule has 1 aliphatic heterocycles. The van der Waals surface area contributed by atoms with E-state index in [0.717, 1.165) is 35.7 Å². The molecule has 6 heteroatoms. The highest BCUT2D eigenvalue weighted by atomic mass is 16.2. The highest BCUT2D eigenvalue weighted by molar-refractivity contribution is 5.94. The van der Waals surface area contributed by atoms with Crippen molar-refractivity contribution in [2.24, 2.45) is 0 Å². The Morgan fingerprint density at radius 2 is 2.00 bits per heavy atom.